The van der Waals surface area contributed by atoms with Crippen molar-refractivity contribution in [2.75, 3.05) is 5.75 Å². The maximum Gasteiger partial charge on any atom is 0.0454 e. The van der Waals surface area contributed by atoms with Crippen LogP contribution >= 0.6 is 34.4 Å². The van der Waals surface area contributed by atoms with Gasteiger partial charge in [-0.05, 0) is 29.7 Å². The highest BCUT2D eigenvalue weighted by molar-refractivity contribution is 7.99. The van der Waals surface area contributed by atoms with Gasteiger partial charge in [0.05, 0.1) is 0 Å². The molecule has 2 aromatic heterocycles. The molecule has 2 rings (SSSR count). The molecule has 0 saturated carbocycles. The van der Waals surface area contributed by atoms with Crippen molar-refractivity contribution in [3.8, 4) is 9.75 Å². The molecule has 17 heavy (non-hydrogen) atoms. The average Bonchev–Trinajstić information content (AvgIpc) is 2.99. The molecule has 2 heterocycles. The molecule has 0 radical (unpaired) electrons. The molecule has 2 aromatic rings. The Bertz CT molecular complexity index is 414. The zero-order valence-electron chi connectivity index (χ0n) is 10.1. The second kappa shape index (κ2) is 7.24. The van der Waals surface area contributed by atoms with Crippen molar-refractivity contribution < 1.29 is 0 Å². The molecule has 0 amide bonds. The first-order chi connectivity index (χ1) is 8.40. The van der Waals surface area contributed by atoms with Crippen molar-refractivity contribution in [3.05, 3.63) is 29.0 Å². The standard InChI is InChI=1S/C14H18S3/c1-2-3-4-5-8-15-12-10-14(17-11-12)13-7-6-9-16-13/h6-7,9-11H,2-5,8H2,1H3. The van der Waals surface area contributed by atoms with E-state index in [-0.39, 0.29) is 0 Å². The molecule has 0 aliphatic carbocycles. The van der Waals surface area contributed by atoms with Gasteiger partial charge in [0.1, 0.15) is 0 Å². The molecule has 0 unspecified atom stereocenters. The predicted octanol–water partition coefficient (Wildman–Crippen LogP) is 6.15. The van der Waals surface area contributed by atoms with Crippen LogP contribution in [0.4, 0.5) is 0 Å². The quantitative estimate of drug-likeness (QED) is 0.433. The summed E-state index contributed by atoms with van der Waals surface area (Å²) < 4.78 is 0. The van der Waals surface area contributed by atoms with Gasteiger partial charge in [-0.3, -0.25) is 0 Å². The van der Waals surface area contributed by atoms with Gasteiger partial charge in [-0.2, -0.15) is 0 Å². The van der Waals surface area contributed by atoms with Gasteiger partial charge in [-0.1, -0.05) is 32.3 Å². The Labute approximate surface area is 116 Å². The molecule has 0 bridgehead atoms. The predicted molar refractivity (Wildman–Crippen MR) is 82.5 cm³/mol. The van der Waals surface area contributed by atoms with Crippen LogP contribution in [0, 0.1) is 0 Å². The Kier molecular flexibility index (Phi) is 5.62. The van der Waals surface area contributed by atoms with Crippen molar-refractivity contribution in [1.82, 2.24) is 0 Å². The van der Waals surface area contributed by atoms with Crippen LogP contribution in [0.2, 0.25) is 0 Å². The van der Waals surface area contributed by atoms with Crippen molar-refractivity contribution in [3.63, 3.8) is 0 Å². The van der Waals surface area contributed by atoms with Gasteiger partial charge in [-0.25, -0.2) is 0 Å². The van der Waals surface area contributed by atoms with Gasteiger partial charge in [0.25, 0.3) is 0 Å². The minimum Gasteiger partial charge on any atom is -0.143 e. The Morgan fingerprint density at radius 2 is 2.06 bits per heavy atom. The topological polar surface area (TPSA) is 0 Å². The molecule has 3 heteroatoms. The third-order valence-corrected chi connectivity index (χ3v) is 5.81. The van der Waals surface area contributed by atoms with Crippen LogP contribution in [0.25, 0.3) is 9.75 Å². The van der Waals surface area contributed by atoms with Crippen molar-refractivity contribution >= 4 is 34.4 Å². The summed E-state index contributed by atoms with van der Waals surface area (Å²) in [6.07, 6.45) is 5.43. The Morgan fingerprint density at radius 1 is 1.12 bits per heavy atom. The van der Waals surface area contributed by atoms with Gasteiger partial charge in [0.2, 0.25) is 0 Å². The summed E-state index contributed by atoms with van der Waals surface area (Å²) in [5.74, 6) is 1.26. The number of thiophene rings is 2. The summed E-state index contributed by atoms with van der Waals surface area (Å²) in [4.78, 5) is 4.25. The Hall–Kier alpha value is -0.250. The van der Waals surface area contributed by atoms with E-state index in [4.69, 9.17) is 0 Å². The van der Waals surface area contributed by atoms with Crippen LogP contribution in [0.15, 0.2) is 33.9 Å². The second-order valence-corrected chi connectivity index (χ2v) is 7.06. The molecule has 92 valence electrons. The van der Waals surface area contributed by atoms with Crippen LogP contribution in [0.1, 0.15) is 32.6 Å². The third-order valence-electron chi connectivity index (χ3n) is 2.61. The fourth-order valence-corrected chi connectivity index (χ4v) is 4.55. The van der Waals surface area contributed by atoms with Crippen LogP contribution in [0.5, 0.6) is 0 Å². The van der Waals surface area contributed by atoms with E-state index in [2.05, 4.69) is 35.9 Å². The van der Waals surface area contributed by atoms with Crippen LogP contribution in [-0.2, 0) is 0 Å². The maximum absolute atomic E-state index is 2.33. The molecule has 0 saturated heterocycles. The first kappa shape index (κ1) is 13.2. The van der Waals surface area contributed by atoms with E-state index in [1.165, 1.54) is 46.1 Å². The SMILES string of the molecule is CCCCCCSc1csc(-c2cccs2)c1. The minimum absolute atomic E-state index is 1.26. The summed E-state index contributed by atoms with van der Waals surface area (Å²) in [7, 11) is 0. The Morgan fingerprint density at radius 3 is 2.82 bits per heavy atom. The minimum atomic E-state index is 1.26. The largest absolute Gasteiger partial charge is 0.143 e. The fraction of sp³-hybridized carbons (Fsp3) is 0.429. The highest BCUT2D eigenvalue weighted by Crippen LogP contribution is 2.34. The fourth-order valence-electron chi connectivity index (χ4n) is 1.66. The molecule has 0 N–H and O–H groups in total. The lowest BCUT2D eigenvalue weighted by Crippen LogP contribution is -1.79. The second-order valence-electron chi connectivity index (χ2n) is 4.03. The lowest BCUT2D eigenvalue weighted by Gasteiger charge is -1.98. The van der Waals surface area contributed by atoms with Crippen molar-refractivity contribution in [2.24, 2.45) is 0 Å². The van der Waals surface area contributed by atoms with E-state index in [0.29, 0.717) is 0 Å². The zero-order chi connectivity index (χ0) is 11.9. The van der Waals surface area contributed by atoms with Crippen molar-refractivity contribution in [2.45, 2.75) is 37.5 Å². The molecule has 0 aromatic carbocycles. The van der Waals surface area contributed by atoms with Gasteiger partial charge in [-0.15, -0.1) is 34.4 Å². The average molecular weight is 282 g/mol. The molecule has 0 aliphatic rings. The lowest BCUT2D eigenvalue weighted by atomic mass is 10.2. The molecule has 0 aliphatic heterocycles. The smallest absolute Gasteiger partial charge is 0.0454 e. The molecule has 0 nitrogen and oxygen atoms in total. The molecule has 0 fully saturated rings. The van der Waals surface area contributed by atoms with E-state index in [1.807, 2.05) is 34.4 Å². The summed E-state index contributed by atoms with van der Waals surface area (Å²) in [6, 6.07) is 6.66. The molecule has 0 atom stereocenters. The molecule has 0 spiro atoms. The van der Waals surface area contributed by atoms with E-state index in [1.54, 1.807) is 0 Å². The zero-order valence-corrected chi connectivity index (χ0v) is 12.6. The van der Waals surface area contributed by atoms with Gasteiger partial charge in [0, 0.05) is 20.0 Å². The van der Waals surface area contributed by atoms with E-state index in [9.17, 15) is 0 Å². The van der Waals surface area contributed by atoms with E-state index in [0.717, 1.165) is 0 Å². The third kappa shape index (κ3) is 4.16. The lowest BCUT2D eigenvalue weighted by molar-refractivity contribution is 0.706. The monoisotopic (exact) mass is 282 g/mol. The summed E-state index contributed by atoms with van der Waals surface area (Å²) in [6.45, 7) is 2.26. The highest BCUT2D eigenvalue weighted by atomic mass is 32.2. The summed E-state index contributed by atoms with van der Waals surface area (Å²) in [5, 5.41) is 4.44. The maximum atomic E-state index is 2.33. The van der Waals surface area contributed by atoms with Gasteiger partial charge < -0.3 is 0 Å². The first-order valence-electron chi connectivity index (χ1n) is 6.15. The van der Waals surface area contributed by atoms with Gasteiger partial charge >= 0.3 is 0 Å². The van der Waals surface area contributed by atoms with Crippen LogP contribution in [0.3, 0.4) is 0 Å². The Balaban J connectivity index is 1.79. The van der Waals surface area contributed by atoms with E-state index >= 15 is 0 Å². The van der Waals surface area contributed by atoms with Gasteiger partial charge in [0.15, 0.2) is 0 Å². The normalized spacial score (nSPS) is 10.9. The van der Waals surface area contributed by atoms with Crippen LogP contribution < -0.4 is 0 Å². The summed E-state index contributed by atoms with van der Waals surface area (Å²) >= 11 is 5.69. The van der Waals surface area contributed by atoms with Crippen molar-refractivity contribution in [1.29, 1.82) is 0 Å². The summed E-state index contributed by atoms with van der Waals surface area (Å²) in [5.41, 5.74) is 0. The number of thioether (sulfide) groups is 1. The molecular weight excluding hydrogens is 264 g/mol. The molecular formula is C14H18S3. The number of hydrogen-bond acceptors (Lipinski definition) is 3. The van der Waals surface area contributed by atoms with E-state index < -0.39 is 0 Å². The highest BCUT2D eigenvalue weighted by Gasteiger charge is 2.03. The first-order valence-corrected chi connectivity index (χ1v) is 8.90. The number of hydrogen-bond donors (Lipinski definition) is 0. The van der Waals surface area contributed by atoms with Crippen LogP contribution in [-0.4, -0.2) is 5.75 Å². The number of unbranched alkanes of at least 4 members (excludes halogenated alkanes) is 3. The number of rotatable bonds is 7.